The fraction of sp³-hybridized carbons (Fsp3) is 0.297. The van der Waals surface area contributed by atoms with Crippen LogP contribution in [0.2, 0.25) is 21.6 Å². The summed E-state index contributed by atoms with van der Waals surface area (Å²) in [6.45, 7) is 16.1. The van der Waals surface area contributed by atoms with Crippen molar-refractivity contribution in [2.24, 2.45) is 0 Å². The third-order valence-electron chi connectivity index (χ3n) is 8.72. The van der Waals surface area contributed by atoms with Gasteiger partial charge in [0, 0.05) is 5.39 Å². The van der Waals surface area contributed by atoms with E-state index in [2.05, 4.69) is 76.4 Å². The van der Waals surface area contributed by atoms with E-state index >= 15 is 0 Å². The highest BCUT2D eigenvalue weighted by Crippen LogP contribution is 2.46. The monoisotopic (exact) mass is 613 g/mol. The van der Waals surface area contributed by atoms with E-state index in [1.54, 1.807) is 0 Å². The Kier molecular flexibility index (Phi) is 9.05. The number of benzene rings is 4. The van der Waals surface area contributed by atoms with E-state index in [4.69, 9.17) is 20.8 Å². The Morgan fingerprint density at radius 3 is 2.05 bits per heavy atom. The molecule has 0 radical (unpaired) electrons. The van der Waals surface area contributed by atoms with Crippen molar-refractivity contribution >= 4 is 30.8 Å². The molecule has 0 aliphatic heterocycles. The van der Waals surface area contributed by atoms with Crippen molar-refractivity contribution in [3.05, 3.63) is 113 Å². The van der Waals surface area contributed by atoms with Gasteiger partial charge in [-0.15, -0.1) is 0 Å². The van der Waals surface area contributed by atoms with Crippen LogP contribution in [0.1, 0.15) is 52.7 Å². The van der Waals surface area contributed by atoms with Crippen molar-refractivity contribution in [1.82, 2.24) is 4.57 Å². The SMILES string of the molecule is Cc1c(-n2c(-c3ccc(F)cc3)cc3cccc(OCc4ccccc4)c32)ccc(O[Si](C(C)C)(C(C)C)C(C)C)c1Cl. The number of fused-ring (bicyclic) bond motifs is 1. The molecule has 224 valence electrons. The fourth-order valence-electron chi connectivity index (χ4n) is 6.68. The van der Waals surface area contributed by atoms with Crippen molar-refractivity contribution in [3.8, 4) is 28.4 Å². The van der Waals surface area contributed by atoms with Crippen LogP contribution in [0.25, 0.3) is 27.8 Å². The molecule has 0 bridgehead atoms. The Morgan fingerprint density at radius 1 is 0.767 bits per heavy atom. The van der Waals surface area contributed by atoms with Gasteiger partial charge in [-0.3, -0.25) is 0 Å². The lowest BCUT2D eigenvalue weighted by atomic mass is 10.1. The van der Waals surface area contributed by atoms with Gasteiger partial charge in [-0.1, -0.05) is 95.6 Å². The second-order valence-corrected chi connectivity index (χ2v) is 18.0. The summed E-state index contributed by atoms with van der Waals surface area (Å²) in [6.07, 6.45) is 0. The van der Waals surface area contributed by atoms with Gasteiger partial charge in [0.15, 0.2) is 0 Å². The molecule has 1 aromatic heterocycles. The predicted molar refractivity (Wildman–Crippen MR) is 181 cm³/mol. The average molecular weight is 614 g/mol. The van der Waals surface area contributed by atoms with Crippen molar-refractivity contribution in [1.29, 1.82) is 0 Å². The molecule has 0 amide bonds. The number of aromatic nitrogens is 1. The summed E-state index contributed by atoms with van der Waals surface area (Å²) in [6, 6.07) is 29.1. The summed E-state index contributed by atoms with van der Waals surface area (Å²) >= 11 is 7.19. The molecule has 0 spiro atoms. The van der Waals surface area contributed by atoms with Crippen LogP contribution < -0.4 is 9.16 Å². The number of hydrogen-bond donors (Lipinski definition) is 0. The second kappa shape index (κ2) is 12.6. The summed E-state index contributed by atoms with van der Waals surface area (Å²) in [5, 5.41) is 1.64. The van der Waals surface area contributed by atoms with Crippen LogP contribution in [0.5, 0.6) is 11.5 Å². The molecule has 5 rings (SSSR count). The molecule has 6 heteroatoms. The molecule has 5 aromatic rings. The van der Waals surface area contributed by atoms with Crippen molar-refractivity contribution in [2.45, 2.75) is 71.7 Å². The first-order valence-electron chi connectivity index (χ1n) is 15.1. The van der Waals surface area contributed by atoms with E-state index in [0.29, 0.717) is 28.3 Å². The van der Waals surface area contributed by atoms with E-state index in [9.17, 15) is 4.39 Å². The van der Waals surface area contributed by atoms with Crippen molar-refractivity contribution in [2.75, 3.05) is 0 Å². The summed E-state index contributed by atoms with van der Waals surface area (Å²) in [4.78, 5) is 0. The topological polar surface area (TPSA) is 23.4 Å². The minimum Gasteiger partial charge on any atom is -0.542 e. The van der Waals surface area contributed by atoms with Crippen molar-refractivity contribution in [3.63, 3.8) is 0 Å². The maximum atomic E-state index is 14.0. The van der Waals surface area contributed by atoms with Gasteiger partial charge in [-0.25, -0.2) is 4.39 Å². The molecule has 0 aliphatic rings. The first kappa shape index (κ1) is 30.9. The standard InChI is InChI=1S/C37H41ClFNO2Si/c1-24(2)43(25(3)4,26(5)6)42-34-21-20-32(27(7)36(34)38)40-33(29-16-18-31(39)19-17-29)22-30-14-11-15-35(37(30)40)41-23-28-12-9-8-10-13-28/h8-22,24-26H,23H2,1-7H3. The van der Waals surface area contributed by atoms with E-state index in [-0.39, 0.29) is 5.82 Å². The molecule has 1 heterocycles. The predicted octanol–water partition coefficient (Wildman–Crippen LogP) is 11.5. The lowest BCUT2D eigenvalue weighted by Gasteiger charge is -2.42. The van der Waals surface area contributed by atoms with Gasteiger partial charge >= 0.3 is 0 Å². The molecule has 0 unspecified atom stereocenters. The van der Waals surface area contributed by atoms with Gasteiger partial charge in [-0.2, -0.15) is 0 Å². The summed E-state index contributed by atoms with van der Waals surface area (Å²) in [7, 11) is -2.22. The highest BCUT2D eigenvalue weighted by Gasteiger charge is 2.47. The number of hydrogen-bond acceptors (Lipinski definition) is 2. The van der Waals surface area contributed by atoms with Crippen LogP contribution in [0.3, 0.4) is 0 Å². The van der Waals surface area contributed by atoms with E-state index in [1.165, 1.54) is 12.1 Å². The van der Waals surface area contributed by atoms with Gasteiger partial charge in [0.1, 0.15) is 23.9 Å². The Bertz CT molecular complexity index is 1690. The summed E-state index contributed by atoms with van der Waals surface area (Å²) in [5.41, 5.74) is 6.95. The lowest BCUT2D eigenvalue weighted by Crippen LogP contribution is -2.50. The third kappa shape index (κ3) is 5.85. The van der Waals surface area contributed by atoms with Crippen LogP contribution in [0.4, 0.5) is 4.39 Å². The average Bonchev–Trinajstić information content (AvgIpc) is 3.37. The molecule has 0 saturated heterocycles. The van der Waals surface area contributed by atoms with Crippen LogP contribution in [0, 0.1) is 12.7 Å². The molecule has 0 atom stereocenters. The van der Waals surface area contributed by atoms with E-state index < -0.39 is 8.32 Å². The number of para-hydroxylation sites is 1. The number of rotatable bonds is 10. The Morgan fingerprint density at radius 2 is 1.42 bits per heavy atom. The molecule has 4 aromatic carbocycles. The highest BCUT2D eigenvalue weighted by molar-refractivity contribution is 6.78. The number of halogens is 2. The molecular weight excluding hydrogens is 573 g/mol. The fourth-order valence-corrected chi connectivity index (χ4v) is 12.2. The van der Waals surface area contributed by atoms with Crippen LogP contribution in [-0.4, -0.2) is 12.9 Å². The molecule has 0 N–H and O–H groups in total. The summed E-state index contributed by atoms with van der Waals surface area (Å²) < 4.78 is 29.6. The van der Waals surface area contributed by atoms with Gasteiger partial charge in [0.05, 0.1) is 21.9 Å². The van der Waals surface area contributed by atoms with Gasteiger partial charge in [0.2, 0.25) is 0 Å². The molecule has 0 aliphatic carbocycles. The Hall–Kier alpha value is -3.54. The first-order chi connectivity index (χ1) is 20.5. The zero-order valence-electron chi connectivity index (χ0n) is 26.1. The van der Waals surface area contributed by atoms with Crippen LogP contribution in [-0.2, 0) is 6.61 Å². The number of ether oxygens (including phenoxy) is 1. The minimum absolute atomic E-state index is 0.271. The van der Waals surface area contributed by atoms with Gasteiger partial charge in [0.25, 0.3) is 8.32 Å². The largest absolute Gasteiger partial charge is 0.542 e. The maximum absolute atomic E-state index is 14.0. The number of nitrogens with zero attached hydrogens (tertiary/aromatic N) is 1. The highest BCUT2D eigenvalue weighted by atomic mass is 35.5. The van der Waals surface area contributed by atoms with E-state index in [0.717, 1.165) is 50.5 Å². The van der Waals surface area contributed by atoms with Crippen LogP contribution >= 0.6 is 11.6 Å². The molecule has 3 nitrogen and oxygen atoms in total. The quantitative estimate of drug-likeness (QED) is 0.146. The second-order valence-electron chi connectivity index (χ2n) is 12.3. The lowest BCUT2D eigenvalue weighted by molar-refractivity contribution is 0.309. The van der Waals surface area contributed by atoms with Gasteiger partial charge < -0.3 is 13.7 Å². The minimum atomic E-state index is -2.22. The smallest absolute Gasteiger partial charge is 0.258 e. The normalized spacial score (nSPS) is 12.1. The maximum Gasteiger partial charge on any atom is 0.258 e. The first-order valence-corrected chi connectivity index (χ1v) is 17.6. The molecular formula is C37H41ClFNO2Si. The van der Waals surface area contributed by atoms with Crippen LogP contribution in [0.15, 0.2) is 91.0 Å². The molecule has 0 fully saturated rings. The Labute approximate surface area is 261 Å². The third-order valence-corrected chi connectivity index (χ3v) is 15.2. The molecule has 43 heavy (non-hydrogen) atoms. The summed E-state index contributed by atoms with van der Waals surface area (Å²) in [5.74, 6) is 1.23. The van der Waals surface area contributed by atoms with Gasteiger partial charge in [-0.05, 0) is 88.8 Å². The molecule has 0 saturated carbocycles. The zero-order valence-corrected chi connectivity index (χ0v) is 27.9. The van der Waals surface area contributed by atoms with E-state index in [1.807, 2.05) is 55.5 Å². The Balaban J connectivity index is 1.69. The van der Waals surface area contributed by atoms with Crippen molar-refractivity contribution < 1.29 is 13.6 Å². The zero-order chi connectivity index (χ0) is 30.9.